The summed E-state index contributed by atoms with van der Waals surface area (Å²) in [5.41, 5.74) is 4.23. The highest BCUT2D eigenvalue weighted by Gasteiger charge is 2.20. The Balaban J connectivity index is 1.53. The molecular formula is C23H22N6O4. The number of hydrogen-bond acceptors (Lipinski definition) is 8. The molecule has 1 fully saturated rings. The number of rotatable bonds is 5. The zero-order valence-electron chi connectivity index (χ0n) is 18.2. The Labute approximate surface area is 189 Å². The molecule has 1 saturated heterocycles. The summed E-state index contributed by atoms with van der Waals surface area (Å²) in [5.74, 6) is 0.356. The lowest BCUT2D eigenvalue weighted by Crippen LogP contribution is -2.40. The highest BCUT2D eigenvalue weighted by molar-refractivity contribution is 5.97. The number of carbonyl (C=O) groups excluding carboxylic acids is 1. The van der Waals surface area contributed by atoms with Crippen molar-refractivity contribution >= 4 is 16.9 Å². The van der Waals surface area contributed by atoms with Crippen molar-refractivity contribution in [3.8, 4) is 34.3 Å². The Bertz CT molecular complexity index is 1320. The number of nitrogens with one attached hydrogen (secondary N) is 1. The summed E-state index contributed by atoms with van der Waals surface area (Å²) >= 11 is 0. The lowest BCUT2D eigenvalue weighted by Gasteiger charge is -2.27. The fourth-order valence-corrected chi connectivity index (χ4v) is 3.82. The second-order valence-electron chi connectivity index (χ2n) is 7.46. The molecule has 3 aromatic heterocycles. The summed E-state index contributed by atoms with van der Waals surface area (Å²) in [4.78, 5) is 27.7. The first kappa shape index (κ1) is 20.8. The van der Waals surface area contributed by atoms with Crippen LogP contribution in [-0.4, -0.2) is 76.5 Å². The molecule has 0 saturated carbocycles. The highest BCUT2D eigenvalue weighted by atomic mass is 16.5. The predicted molar refractivity (Wildman–Crippen MR) is 120 cm³/mol. The van der Waals surface area contributed by atoms with E-state index in [-0.39, 0.29) is 11.9 Å². The number of aromatic amines is 1. The fourth-order valence-electron chi connectivity index (χ4n) is 3.82. The molecule has 0 unspecified atom stereocenters. The molecule has 1 N–H and O–H groups in total. The quantitative estimate of drug-likeness (QED) is 0.497. The van der Waals surface area contributed by atoms with E-state index in [1.54, 1.807) is 12.4 Å². The number of carbonyl (C=O) groups is 1. The summed E-state index contributed by atoms with van der Waals surface area (Å²) in [6.07, 6.45) is 3.36. The number of hydrogen-bond donors (Lipinski definition) is 1. The van der Waals surface area contributed by atoms with Gasteiger partial charge in [0, 0.05) is 42.0 Å². The molecule has 1 aliphatic heterocycles. The van der Waals surface area contributed by atoms with Crippen molar-refractivity contribution in [2.45, 2.75) is 0 Å². The van der Waals surface area contributed by atoms with Gasteiger partial charge in [-0.15, -0.1) is 0 Å². The SMILES string of the molecule is COc1ncc(-c2[nH]nc3ncc(-c4cccc(C(=O)N5CCOCC5)c4)cc23)c(OC)n1. The number of nitrogens with zero attached hydrogens (tertiary/aromatic N) is 5. The fraction of sp³-hybridized carbons (Fsp3) is 0.261. The van der Waals surface area contributed by atoms with Gasteiger partial charge in [-0.3, -0.25) is 9.89 Å². The molecule has 168 valence electrons. The molecule has 10 heteroatoms. The largest absolute Gasteiger partial charge is 0.480 e. The first-order valence-electron chi connectivity index (χ1n) is 10.4. The molecular weight excluding hydrogens is 424 g/mol. The predicted octanol–water partition coefficient (Wildman–Crippen LogP) is 2.57. The standard InChI is InChI=1S/C23H22N6O4/c1-31-21-18(13-25-23(26-21)32-2)19-17-11-16(12-24-20(17)28-27-19)14-4-3-5-15(10-14)22(30)29-6-8-33-9-7-29/h3-5,10-13H,6-9H2,1-2H3,(H,24,27,28). The average Bonchev–Trinajstić information content (AvgIpc) is 3.31. The number of pyridine rings is 1. The minimum Gasteiger partial charge on any atom is -0.480 e. The third-order valence-corrected chi connectivity index (χ3v) is 5.53. The Morgan fingerprint density at radius 3 is 2.70 bits per heavy atom. The maximum absolute atomic E-state index is 12.9. The van der Waals surface area contributed by atoms with Gasteiger partial charge in [-0.2, -0.15) is 10.1 Å². The summed E-state index contributed by atoms with van der Waals surface area (Å²) in [6.45, 7) is 2.32. The highest BCUT2D eigenvalue weighted by Crippen LogP contribution is 2.34. The molecule has 5 rings (SSSR count). The number of morpholine rings is 1. The van der Waals surface area contributed by atoms with Crippen LogP contribution in [0.15, 0.2) is 42.7 Å². The van der Waals surface area contributed by atoms with Crippen molar-refractivity contribution in [2.24, 2.45) is 0 Å². The van der Waals surface area contributed by atoms with Gasteiger partial charge >= 0.3 is 6.01 Å². The molecule has 33 heavy (non-hydrogen) atoms. The van der Waals surface area contributed by atoms with Crippen molar-refractivity contribution in [3.63, 3.8) is 0 Å². The van der Waals surface area contributed by atoms with Crippen LogP contribution < -0.4 is 9.47 Å². The van der Waals surface area contributed by atoms with Crippen LogP contribution in [0.1, 0.15) is 10.4 Å². The number of amides is 1. The van der Waals surface area contributed by atoms with Gasteiger partial charge in [0.15, 0.2) is 5.65 Å². The van der Waals surface area contributed by atoms with Gasteiger partial charge in [-0.1, -0.05) is 12.1 Å². The van der Waals surface area contributed by atoms with Crippen molar-refractivity contribution in [2.75, 3.05) is 40.5 Å². The van der Waals surface area contributed by atoms with Gasteiger partial charge in [0.2, 0.25) is 5.88 Å². The minimum atomic E-state index is -0.00157. The monoisotopic (exact) mass is 446 g/mol. The van der Waals surface area contributed by atoms with Crippen LogP contribution in [0.25, 0.3) is 33.4 Å². The second kappa shape index (κ2) is 8.83. The number of methoxy groups -OCH3 is 2. The molecule has 4 aromatic rings. The molecule has 1 aromatic carbocycles. The number of benzene rings is 1. The molecule has 0 atom stereocenters. The van der Waals surface area contributed by atoms with Crippen molar-refractivity contribution in [3.05, 3.63) is 48.3 Å². The van der Waals surface area contributed by atoms with E-state index in [1.165, 1.54) is 14.2 Å². The zero-order chi connectivity index (χ0) is 22.8. The maximum atomic E-state index is 12.9. The lowest BCUT2D eigenvalue weighted by atomic mass is 10.0. The zero-order valence-corrected chi connectivity index (χ0v) is 18.2. The van der Waals surface area contributed by atoms with Crippen LogP contribution in [0.2, 0.25) is 0 Å². The molecule has 0 aliphatic carbocycles. The second-order valence-corrected chi connectivity index (χ2v) is 7.46. The van der Waals surface area contributed by atoms with E-state index in [1.807, 2.05) is 35.2 Å². The third-order valence-electron chi connectivity index (χ3n) is 5.53. The van der Waals surface area contributed by atoms with Crippen LogP contribution in [-0.2, 0) is 4.74 Å². The van der Waals surface area contributed by atoms with Gasteiger partial charge in [0.05, 0.1) is 38.7 Å². The Morgan fingerprint density at radius 2 is 1.91 bits per heavy atom. The van der Waals surface area contributed by atoms with Crippen molar-refractivity contribution in [1.82, 2.24) is 30.0 Å². The first-order chi connectivity index (χ1) is 16.2. The van der Waals surface area contributed by atoms with Gasteiger partial charge in [0.1, 0.15) is 0 Å². The van der Waals surface area contributed by atoms with Gasteiger partial charge in [0.25, 0.3) is 5.91 Å². The lowest BCUT2D eigenvalue weighted by molar-refractivity contribution is 0.0303. The molecule has 4 heterocycles. The Kier molecular flexibility index (Phi) is 5.57. The molecule has 0 bridgehead atoms. The van der Waals surface area contributed by atoms with Crippen LogP contribution in [0.3, 0.4) is 0 Å². The van der Waals surface area contributed by atoms with E-state index in [0.717, 1.165) is 16.5 Å². The minimum absolute atomic E-state index is 0.00157. The molecule has 0 radical (unpaired) electrons. The van der Waals surface area contributed by atoms with Crippen LogP contribution in [0.5, 0.6) is 11.9 Å². The number of fused-ring (bicyclic) bond motifs is 1. The molecule has 1 amide bonds. The van der Waals surface area contributed by atoms with E-state index in [9.17, 15) is 4.79 Å². The van der Waals surface area contributed by atoms with Crippen molar-refractivity contribution in [1.29, 1.82) is 0 Å². The maximum Gasteiger partial charge on any atom is 0.319 e. The van der Waals surface area contributed by atoms with E-state index in [0.29, 0.717) is 54.7 Å². The topological polar surface area (TPSA) is 115 Å². The molecule has 0 spiro atoms. The van der Waals surface area contributed by atoms with Crippen LogP contribution in [0.4, 0.5) is 0 Å². The van der Waals surface area contributed by atoms with Gasteiger partial charge in [-0.05, 0) is 23.8 Å². The summed E-state index contributed by atoms with van der Waals surface area (Å²) in [7, 11) is 3.03. The molecule has 1 aliphatic rings. The van der Waals surface area contributed by atoms with E-state index in [4.69, 9.17) is 14.2 Å². The summed E-state index contributed by atoms with van der Waals surface area (Å²) in [5, 5.41) is 8.09. The number of ether oxygens (including phenoxy) is 3. The van der Waals surface area contributed by atoms with E-state index >= 15 is 0 Å². The Hall–Kier alpha value is -4.05. The normalized spacial score (nSPS) is 13.8. The van der Waals surface area contributed by atoms with Crippen molar-refractivity contribution < 1.29 is 19.0 Å². The van der Waals surface area contributed by atoms with Crippen LogP contribution >= 0.6 is 0 Å². The number of H-pyrrole nitrogens is 1. The Morgan fingerprint density at radius 1 is 1.06 bits per heavy atom. The summed E-state index contributed by atoms with van der Waals surface area (Å²) in [6, 6.07) is 9.73. The average molecular weight is 446 g/mol. The molecule has 10 nitrogen and oxygen atoms in total. The number of aromatic nitrogens is 5. The van der Waals surface area contributed by atoms with Crippen LogP contribution in [0, 0.1) is 0 Å². The van der Waals surface area contributed by atoms with E-state index < -0.39 is 0 Å². The smallest absolute Gasteiger partial charge is 0.319 e. The van der Waals surface area contributed by atoms with Gasteiger partial charge in [-0.25, -0.2) is 9.97 Å². The third kappa shape index (κ3) is 3.96. The van der Waals surface area contributed by atoms with Gasteiger partial charge < -0.3 is 19.1 Å². The first-order valence-corrected chi connectivity index (χ1v) is 10.4. The summed E-state index contributed by atoms with van der Waals surface area (Å²) < 4.78 is 15.9. The van der Waals surface area contributed by atoms with E-state index in [2.05, 4.69) is 25.1 Å².